The number of benzene rings is 4. The van der Waals surface area contributed by atoms with E-state index in [4.69, 9.17) is 9.47 Å². The molecule has 5 rings (SSSR count). The second-order valence-electron chi connectivity index (χ2n) is 9.27. The van der Waals surface area contributed by atoms with Crippen molar-refractivity contribution in [2.45, 2.75) is 26.3 Å². The van der Waals surface area contributed by atoms with E-state index in [0.29, 0.717) is 19.8 Å². The van der Waals surface area contributed by atoms with Crippen molar-refractivity contribution in [3.8, 4) is 22.8 Å². The van der Waals surface area contributed by atoms with Crippen molar-refractivity contribution >= 4 is 26.8 Å². The maximum absolute atomic E-state index is 13.3. The van der Waals surface area contributed by atoms with Gasteiger partial charge in [-0.3, -0.25) is 0 Å². The van der Waals surface area contributed by atoms with Gasteiger partial charge in [-0.15, -0.1) is 0 Å². The normalized spacial score (nSPS) is 11.6. The Balaban J connectivity index is 1.53. The van der Waals surface area contributed by atoms with Crippen LogP contribution < -0.4 is 9.47 Å². The highest BCUT2D eigenvalue weighted by atomic mass is 79.9. The first kappa shape index (κ1) is 26.9. The largest absolute Gasteiger partial charge is 0.493 e. The standard InChI is InChI=1S/C32H27BrF3NO2/c1-22-29-19-28(39-21-24-5-3-2-4-6-24)15-16-30(29)37(20-23-7-13-27(14-8-23)38-18-17-33)31(22)25-9-11-26(12-10-25)32(34,35)36/h2-16,19H,17-18,20-21H2,1H3. The predicted molar refractivity (Wildman–Crippen MR) is 153 cm³/mol. The van der Waals surface area contributed by atoms with Gasteiger partial charge in [0, 0.05) is 22.8 Å². The van der Waals surface area contributed by atoms with Crippen LogP contribution in [0, 0.1) is 6.92 Å². The molecule has 0 amide bonds. The van der Waals surface area contributed by atoms with Gasteiger partial charge in [0.2, 0.25) is 0 Å². The zero-order chi connectivity index (χ0) is 27.4. The van der Waals surface area contributed by atoms with Gasteiger partial charge in [0.15, 0.2) is 0 Å². The monoisotopic (exact) mass is 593 g/mol. The summed E-state index contributed by atoms with van der Waals surface area (Å²) >= 11 is 3.36. The highest BCUT2D eigenvalue weighted by Gasteiger charge is 2.30. The van der Waals surface area contributed by atoms with Crippen LogP contribution in [0.2, 0.25) is 0 Å². The molecule has 3 nitrogen and oxygen atoms in total. The van der Waals surface area contributed by atoms with E-state index >= 15 is 0 Å². The SMILES string of the molecule is Cc1c(-c2ccc(C(F)(F)F)cc2)n(Cc2ccc(OCCBr)cc2)c2ccc(OCc3ccccc3)cc12. The zero-order valence-electron chi connectivity index (χ0n) is 21.3. The molecule has 4 aromatic carbocycles. The molecule has 0 aliphatic rings. The Labute approximate surface area is 233 Å². The molecule has 1 heterocycles. The predicted octanol–water partition coefficient (Wildman–Crippen LogP) is 9.04. The Morgan fingerprint density at radius 1 is 0.769 bits per heavy atom. The van der Waals surface area contributed by atoms with Crippen molar-refractivity contribution in [2.75, 3.05) is 11.9 Å². The molecule has 0 atom stereocenters. The lowest BCUT2D eigenvalue weighted by Gasteiger charge is -2.14. The average Bonchev–Trinajstić information content (AvgIpc) is 3.22. The molecule has 5 aromatic rings. The second kappa shape index (κ2) is 11.6. The summed E-state index contributed by atoms with van der Waals surface area (Å²) in [5.41, 5.74) is 5.01. The summed E-state index contributed by atoms with van der Waals surface area (Å²) in [5.74, 6) is 1.52. The number of ether oxygens (including phenoxy) is 2. The minimum absolute atomic E-state index is 0.446. The lowest BCUT2D eigenvalue weighted by atomic mass is 10.0. The van der Waals surface area contributed by atoms with Gasteiger partial charge in [0.05, 0.1) is 17.9 Å². The third-order valence-corrected chi connectivity index (χ3v) is 6.96. The first-order valence-electron chi connectivity index (χ1n) is 12.6. The van der Waals surface area contributed by atoms with Crippen LogP contribution >= 0.6 is 15.9 Å². The van der Waals surface area contributed by atoms with E-state index < -0.39 is 11.7 Å². The Kier molecular flexibility index (Phi) is 7.98. The van der Waals surface area contributed by atoms with E-state index in [-0.39, 0.29) is 0 Å². The molecule has 0 bridgehead atoms. The van der Waals surface area contributed by atoms with Crippen LogP contribution in [-0.4, -0.2) is 16.5 Å². The minimum atomic E-state index is -4.39. The van der Waals surface area contributed by atoms with Gasteiger partial charge in [-0.2, -0.15) is 13.2 Å². The molecule has 0 unspecified atom stereocenters. The van der Waals surface area contributed by atoms with Crippen molar-refractivity contribution in [3.63, 3.8) is 0 Å². The van der Waals surface area contributed by atoms with Crippen LogP contribution in [0.15, 0.2) is 97.1 Å². The lowest BCUT2D eigenvalue weighted by Crippen LogP contribution is -2.05. The smallest absolute Gasteiger partial charge is 0.416 e. The molecule has 39 heavy (non-hydrogen) atoms. The number of hydrogen-bond acceptors (Lipinski definition) is 2. The van der Waals surface area contributed by atoms with E-state index in [9.17, 15) is 13.2 Å². The number of aromatic nitrogens is 1. The molecule has 0 spiro atoms. The quantitative estimate of drug-likeness (QED) is 0.159. The van der Waals surface area contributed by atoms with Gasteiger partial charge >= 0.3 is 6.18 Å². The third kappa shape index (κ3) is 6.14. The van der Waals surface area contributed by atoms with E-state index in [0.717, 1.165) is 67.8 Å². The van der Waals surface area contributed by atoms with Gasteiger partial charge in [0.25, 0.3) is 0 Å². The van der Waals surface area contributed by atoms with Crippen LogP contribution in [0.5, 0.6) is 11.5 Å². The molecule has 0 fully saturated rings. The fraction of sp³-hybridized carbons (Fsp3) is 0.188. The number of rotatable bonds is 9. The van der Waals surface area contributed by atoms with Gasteiger partial charge in [-0.25, -0.2) is 0 Å². The molecule has 7 heteroatoms. The van der Waals surface area contributed by atoms with Crippen molar-refractivity contribution in [1.82, 2.24) is 4.57 Å². The molecule has 0 N–H and O–H groups in total. The van der Waals surface area contributed by atoms with Gasteiger partial charge in [0.1, 0.15) is 18.1 Å². The summed E-state index contributed by atoms with van der Waals surface area (Å²) in [6.07, 6.45) is -4.39. The topological polar surface area (TPSA) is 23.4 Å². The van der Waals surface area contributed by atoms with E-state index in [2.05, 4.69) is 20.5 Å². The summed E-state index contributed by atoms with van der Waals surface area (Å²) in [6, 6.07) is 29.2. The molecular formula is C32H27BrF3NO2. The van der Waals surface area contributed by atoms with Crippen LogP contribution in [0.3, 0.4) is 0 Å². The molecule has 1 aromatic heterocycles. The molecule has 0 saturated heterocycles. The second-order valence-corrected chi connectivity index (χ2v) is 10.1. The van der Waals surface area contributed by atoms with E-state index in [1.165, 1.54) is 0 Å². The molecule has 0 saturated carbocycles. The highest BCUT2D eigenvalue weighted by molar-refractivity contribution is 9.09. The zero-order valence-corrected chi connectivity index (χ0v) is 22.9. The fourth-order valence-electron chi connectivity index (χ4n) is 4.72. The van der Waals surface area contributed by atoms with Gasteiger partial charge < -0.3 is 14.0 Å². The summed E-state index contributed by atoms with van der Waals surface area (Å²) in [6.45, 7) is 3.57. The Hall–Kier alpha value is -3.71. The Morgan fingerprint density at radius 3 is 2.13 bits per heavy atom. The highest BCUT2D eigenvalue weighted by Crippen LogP contribution is 2.37. The van der Waals surface area contributed by atoms with Crippen LogP contribution in [0.1, 0.15) is 22.3 Å². The summed E-state index contributed by atoms with van der Waals surface area (Å²) < 4.78 is 53.7. The van der Waals surface area contributed by atoms with Crippen LogP contribution in [0.25, 0.3) is 22.2 Å². The number of aryl methyl sites for hydroxylation is 1. The molecule has 0 radical (unpaired) electrons. The number of alkyl halides is 4. The summed E-state index contributed by atoms with van der Waals surface area (Å²) in [4.78, 5) is 0. The first-order chi connectivity index (χ1) is 18.8. The number of hydrogen-bond donors (Lipinski definition) is 0. The third-order valence-electron chi connectivity index (χ3n) is 6.63. The van der Waals surface area contributed by atoms with Crippen molar-refractivity contribution < 1.29 is 22.6 Å². The Morgan fingerprint density at radius 2 is 1.46 bits per heavy atom. The number of fused-ring (bicyclic) bond motifs is 1. The van der Waals surface area contributed by atoms with Gasteiger partial charge in [-0.1, -0.05) is 70.5 Å². The first-order valence-corrected chi connectivity index (χ1v) is 13.7. The number of halogens is 4. The van der Waals surface area contributed by atoms with E-state index in [1.54, 1.807) is 12.1 Å². The molecule has 0 aliphatic heterocycles. The van der Waals surface area contributed by atoms with Crippen molar-refractivity contribution in [3.05, 3.63) is 119 Å². The maximum Gasteiger partial charge on any atom is 0.416 e. The van der Waals surface area contributed by atoms with Crippen molar-refractivity contribution in [2.24, 2.45) is 0 Å². The lowest BCUT2D eigenvalue weighted by molar-refractivity contribution is -0.137. The fourth-order valence-corrected chi connectivity index (χ4v) is 4.88. The maximum atomic E-state index is 13.3. The van der Waals surface area contributed by atoms with Gasteiger partial charge in [-0.05, 0) is 71.6 Å². The molecular weight excluding hydrogens is 567 g/mol. The minimum Gasteiger partial charge on any atom is -0.493 e. The molecule has 0 aliphatic carbocycles. The van der Waals surface area contributed by atoms with Crippen LogP contribution in [0.4, 0.5) is 13.2 Å². The Bertz CT molecular complexity index is 1540. The average molecular weight is 594 g/mol. The van der Waals surface area contributed by atoms with Crippen LogP contribution in [-0.2, 0) is 19.3 Å². The van der Waals surface area contributed by atoms with Crippen molar-refractivity contribution in [1.29, 1.82) is 0 Å². The summed E-state index contributed by atoms with van der Waals surface area (Å²) in [5, 5.41) is 1.74. The van der Waals surface area contributed by atoms with E-state index in [1.807, 2.05) is 79.7 Å². The summed E-state index contributed by atoms with van der Waals surface area (Å²) in [7, 11) is 0. The number of nitrogens with zero attached hydrogens (tertiary/aromatic N) is 1. The molecule has 200 valence electrons.